The Labute approximate surface area is 143 Å². The highest BCUT2D eigenvalue weighted by Gasteiger charge is 2.21. The van der Waals surface area contributed by atoms with Gasteiger partial charge in [0.15, 0.2) is 5.75 Å². The number of methoxy groups -OCH3 is 1. The molecule has 0 radical (unpaired) electrons. The number of esters is 2. The van der Waals surface area contributed by atoms with Crippen molar-refractivity contribution in [2.24, 2.45) is 5.92 Å². The average molecular weight is 496 g/mol. The lowest BCUT2D eigenvalue weighted by molar-refractivity contribution is -0.136. The van der Waals surface area contributed by atoms with Crippen LogP contribution in [0.15, 0.2) is 36.4 Å². The lowest BCUT2D eigenvalue weighted by Gasteiger charge is -2.12. The van der Waals surface area contributed by atoms with Crippen LogP contribution >= 0.6 is 45.2 Å². The van der Waals surface area contributed by atoms with E-state index in [-0.39, 0.29) is 11.9 Å². The van der Waals surface area contributed by atoms with Crippen LogP contribution in [-0.2, 0) is 9.53 Å². The summed E-state index contributed by atoms with van der Waals surface area (Å²) < 4.78 is 11.5. The third-order valence-corrected chi connectivity index (χ3v) is 4.24. The zero-order valence-corrected chi connectivity index (χ0v) is 14.7. The first-order valence-electron chi connectivity index (χ1n) is 5.67. The molecule has 0 aliphatic heterocycles. The summed E-state index contributed by atoms with van der Waals surface area (Å²) in [6, 6.07) is 3.27. The Morgan fingerprint density at radius 1 is 1.10 bits per heavy atom. The van der Waals surface area contributed by atoms with Crippen molar-refractivity contribution in [2.75, 3.05) is 7.11 Å². The first-order chi connectivity index (χ1) is 9.52. The van der Waals surface area contributed by atoms with Gasteiger partial charge in [0.1, 0.15) is 0 Å². The molecule has 6 heteroatoms. The molecular weight excluding hydrogens is 486 g/mol. The third kappa shape index (κ3) is 3.40. The van der Waals surface area contributed by atoms with Gasteiger partial charge in [-0.25, -0.2) is 4.79 Å². The van der Waals surface area contributed by atoms with Crippen LogP contribution in [0.3, 0.4) is 0 Å². The summed E-state index contributed by atoms with van der Waals surface area (Å²) in [5, 5.41) is 0. The van der Waals surface area contributed by atoms with Crippen LogP contribution in [0.1, 0.15) is 10.4 Å². The molecule has 0 bridgehead atoms. The first kappa shape index (κ1) is 15.5. The number of ether oxygens (including phenoxy) is 2. The summed E-state index contributed by atoms with van der Waals surface area (Å²) >= 11 is 4.06. The fourth-order valence-electron chi connectivity index (χ4n) is 1.65. The molecule has 0 amide bonds. The van der Waals surface area contributed by atoms with Gasteiger partial charge in [-0.3, -0.25) is 4.79 Å². The summed E-state index contributed by atoms with van der Waals surface area (Å²) in [5.41, 5.74) is 0.432. The molecule has 0 fully saturated rings. The Balaban J connectivity index is 2.24. The highest BCUT2D eigenvalue weighted by atomic mass is 127. The van der Waals surface area contributed by atoms with Crippen molar-refractivity contribution in [1.29, 1.82) is 0 Å². The number of carbonyl (C=O) groups excluding carboxylic acids is 2. The Bertz CT molecular complexity index is 585. The van der Waals surface area contributed by atoms with E-state index in [1.165, 1.54) is 7.11 Å². The van der Waals surface area contributed by atoms with Crippen molar-refractivity contribution in [1.82, 2.24) is 0 Å². The van der Waals surface area contributed by atoms with Crippen molar-refractivity contribution in [3.05, 3.63) is 49.1 Å². The zero-order chi connectivity index (χ0) is 14.7. The van der Waals surface area contributed by atoms with Gasteiger partial charge in [0, 0.05) is 0 Å². The van der Waals surface area contributed by atoms with E-state index in [9.17, 15) is 9.59 Å². The van der Waals surface area contributed by atoms with E-state index in [1.807, 2.05) is 57.3 Å². The number of halogens is 2. The van der Waals surface area contributed by atoms with Crippen molar-refractivity contribution in [3.8, 4) is 5.75 Å². The van der Waals surface area contributed by atoms with Crippen molar-refractivity contribution >= 4 is 57.1 Å². The van der Waals surface area contributed by atoms with Gasteiger partial charge in [-0.05, 0) is 57.3 Å². The molecule has 0 spiro atoms. The van der Waals surface area contributed by atoms with Gasteiger partial charge in [-0.15, -0.1) is 0 Å². The van der Waals surface area contributed by atoms with E-state index in [4.69, 9.17) is 4.74 Å². The molecule has 4 nitrogen and oxygen atoms in total. The minimum Gasteiger partial charge on any atom is -0.465 e. The number of benzene rings is 1. The first-order valence-corrected chi connectivity index (χ1v) is 7.82. The van der Waals surface area contributed by atoms with Gasteiger partial charge in [-0.2, -0.15) is 0 Å². The number of carbonyl (C=O) groups is 2. The topological polar surface area (TPSA) is 52.6 Å². The minimum atomic E-state index is -0.416. The highest BCUT2D eigenvalue weighted by molar-refractivity contribution is 14.1. The van der Waals surface area contributed by atoms with Gasteiger partial charge >= 0.3 is 11.9 Å². The average Bonchev–Trinajstić information content (AvgIpc) is 2.95. The van der Waals surface area contributed by atoms with Crippen LogP contribution in [-0.4, -0.2) is 19.0 Å². The van der Waals surface area contributed by atoms with Crippen LogP contribution < -0.4 is 4.74 Å². The Hall–Kier alpha value is -0.900. The molecule has 0 saturated heterocycles. The van der Waals surface area contributed by atoms with Crippen LogP contribution in [0, 0.1) is 13.1 Å². The summed E-state index contributed by atoms with van der Waals surface area (Å²) in [6.45, 7) is 0. The Morgan fingerprint density at radius 2 is 1.65 bits per heavy atom. The monoisotopic (exact) mass is 496 g/mol. The zero-order valence-electron chi connectivity index (χ0n) is 10.4. The smallest absolute Gasteiger partial charge is 0.337 e. The number of allylic oxidation sites excluding steroid dienone is 2. The Morgan fingerprint density at radius 3 is 2.15 bits per heavy atom. The van der Waals surface area contributed by atoms with Gasteiger partial charge in [0.25, 0.3) is 0 Å². The molecule has 104 valence electrons. The Kier molecular flexibility index (Phi) is 5.19. The van der Waals surface area contributed by atoms with E-state index in [0.29, 0.717) is 18.5 Å². The fraction of sp³-hybridized carbons (Fsp3) is 0.143. The summed E-state index contributed by atoms with van der Waals surface area (Å²) in [4.78, 5) is 23.5. The molecule has 0 atom stereocenters. The standard InChI is InChI=1S/C14H10I2O4/c1-19-13(17)9-6-10(15)12(11(16)7-9)20-14(18)8-4-2-3-5-8/h2-8H,1H3. The largest absolute Gasteiger partial charge is 0.465 e. The quantitative estimate of drug-likeness (QED) is 0.367. The van der Waals surface area contributed by atoms with Crippen molar-refractivity contribution in [2.45, 2.75) is 0 Å². The molecule has 1 aromatic rings. The summed E-state index contributed by atoms with van der Waals surface area (Å²) in [7, 11) is 1.33. The molecule has 1 aromatic carbocycles. The second kappa shape index (κ2) is 6.70. The molecule has 1 aliphatic rings. The summed E-state index contributed by atoms with van der Waals surface area (Å²) in [6.07, 6.45) is 7.15. The highest BCUT2D eigenvalue weighted by Crippen LogP contribution is 2.30. The number of hydrogen-bond donors (Lipinski definition) is 0. The molecule has 0 N–H and O–H groups in total. The molecule has 0 heterocycles. The van der Waals surface area contributed by atoms with Crippen molar-refractivity contribution in [3.63, 3.8) is 0 Å². The van der Waals surface area contributed by atoms with Gasteiger partial charge in [-0.1, -0.05) is 24.3 Å². The maximum Gasteiger partial charge on any atom is 0.337 e. The van der Waals surface area contributed by atoms with E-state index in [0.717, 1.165) is 0 Å². The minimum absolute atomic E-state index is 0.336. The van der Waals surface area contributed by atoms with Crippen LogP contribution in [0.4, 0.5) is 0 Å². The SMILES string of the molecule is COC(=O)c1cc(I)c(OC(=O)C2C=CC=C2)c(I)c1. The summed E-state index contributed by atoms with van der Waals surface area (Å²) in [5.74, 6) is -0.628. The number of hydrogen-bond acceptors (Lipinski definition) is 4. The van der Waals surface area contributed by atoms with E-state index in [2.05, 4.69) is 4.74 Å². The number of rotatable bonds is 3. The van der Waals surface area contributed by atoms with E-state index >= 15 is 0 Å². The molecule has 0 aromatic heterocycles. The van der Waals surface area contributed by atoms with Gasteiger partial charge < -0.3 is 9.47 Å². The maximum absolute atomic E-state index is 12.0. The lowest BCUT2D eigenvalue weighted by Crippen LogP contribution is -2.17. The third-order valence-electron chi connectivity index (χ3n) is 2.64. The van der Waals surface area contributed by atoms with Gasteiger partial charge in [0.05, 0.1) is 25.7 Å². The predicted octanol–water partition coefficient (Wildman–Crippen LogP) is 3.33. The van der Waals surface area contributed by atoms with E-state index < -0.39 is 5.97 Å². The van der Waals surface area contributed by atoms with Crippen molar-refractivity contribution < 1.29 is 19.1 Å². The molecule has 20 heavy (non-hydrogen) atoms. The lowest BCUT2D eigenvalue weighted by atomic mass is 10.2. The normalized spacial score (nSPS) is 13.6. The molecule has 1 aliphatic carbocycles. The van der Waals surface area contributed by atoms with Crippen LogP contribution in [0.5, 0.6) is 5.75 Å². The maximum atomic E-state index is 12.0. The fourth-order valence-corrected chi connectivity index (χ4v) is 3.64. The van der Waals surface area contributed by atoms with E-state index in [1.54, 1.807) is 24.3 Å². The molecule has 0 saturated carbocycles. The molecular formula is C14H10I2O4. The van der Waals surface area contributed by atoms with Crippen LogP contribution in [0.25, 0.3) is 0 Å². The second-order valence-corrected chi connectivity index (χ2v) is 6.30. The van der Waals surface area contributed by atoms with Crippen LogP contribution in [0.2, 0.25) is 0 Å². The molecule has 0 unspecified atom stereocenters. The van der Waals surface area contributed by atoms with Gasteiger partial charge in [0.2, 0.25) is 0 Å². The molecule has 2 rings (SSSR count). The second-order valence-electron chi connectivity index (χ2n) is 3.98. The predicted molar refractivity (Wildman–Crippen MR) is 90.6 cm³/mol.